The molecule has 0 radical (unpaired) electrons. The molecular formula is C16H23NO2. The second kappa shape index (κ2) is 6.60. The maximum Gasteiger partial charge on any atom is 0.406 e. The van der Waals surface area contributed by atoms with E-state index in [1.54, 1.807) is 0 Å². The molecule has 1 saturated carbocycles. The fourth-order valence-electron chi connectivity index (χ4n) is 3.18. The Labute approximate surface area is 115 Å². The van der Waals surface area contributed by atoms with Crippen LogP contribution < -0.4 is 5.32 Å². The molecule has 1 N–H and O–H groups in total. The van der Waals surface area contributed by atoms with Crippen molar-refractivity contribution in [2.75, 3.05) is 13.7 Å². The van der Waals surface area contributed by atoms with Crippen molar-refractivity contribution in [2.45, 2.75) is 26.2 Å². The van der Waals surface area contributed by atoms with Crippen LogP contribution >= 0.6 is 0 Å². The van der Waals surface area contributed by atoms with Gasteiger partial charge in [-0.2, -0.15) is 0 Å². The molecule has 3 nitrogen and oxygen atoms in total. The highest BCUT2D eigenvalue weighted by atomic mass is 16.5. The normalized spacial score (nSPS) is 26.1. The molecular weight excluding hydrogens is 238 g/mol. The average molecular weight is 261 g/mol. The van der Waals surface area contributed by atoms with E-state index in [2.05, 4.69) is 47.3 Å². The lowest BCUT2D eigenvalue weighted by atomic mass is 9.86. The van der Waals surface area contributed by atoms with Crippen molar-refractivity contribution in [2.24, 2.45) is 17.8 Å². The summed E-state index contributed by atoms with van der Waals surface area (Å²) in [6.45, 7) is 3.01. The zero-order chi connectivity index (χ0) is 13.7. The van der Waals surface area contributed by atoms with E-state index in [4.69, 9.17) is 0 Å². The Morgan fingerprint density at radius 3 is 2.74 bits per heavy atom. The molecule has 1 aliphatic rings. The molecule has 1 aromatic carbocycles. The SMILES string of the molecule is COC(=O)NCC1[C@@H](Cc2ccccc2)CC[C@H]1C. The molecule has 1 aromatic rings. The van der Waals surface area contributed by atoms with Crippen LogP contribution in [-0.4, -0.2) is 19.7 Å². The molecule has 0 bridgehead atoms. The van der Waals surface area contributed by atoms with Gasteiger partial charge in [0.25, 0.3) is 0 Å². The minimum atomic E-state index is -0.322. The molecule has 0 heterocycles. The van der Waals surface area contributed by atoms with E-state index in [1.807, 2.05) is 0 Å². The molecule has 1 amide bonds. The summed E-state index contributed by atoms with van der Waals surface area (Å²) in [5.41, 5.74) is 1.39. The number of rotatable bonds is 4. The van der Waals surface area contributed by atoms with Gasteiger partial charge in [-0.25, -0.2) is 4.79 Å². The monoisotopic (exact) mass is 261 g/mol. The van der Waals surface area contributed by atoms with Crippen LogP contribution in [0.5, 0.6) is 0 Å². The number of carbonyl (C=O) groups is 1. The Morgan fingerprint density at radius 2 is 2.05 bits per heavy atom. The number of hydrogen-bond donors (Lipinski definition) is 1. The summed E-state index contributed by atoms with van der Waals surface area (Å²) in [6, 6.07) is 10.6. The lowest BCUT2D eigenvalue weighted by molar-refractivity contribution is 0.166. The van der Waals surface area contributed by atoms with Gasteiger partial charge in [0.05, 0.1) is 7.11 Å². The van der Waals surface area contributed by atoms with Crippen LogP contribution in [0.2, 0.25) is 0 Å². The first-order chi connectivity index (χ1) is 9.20. The highest BCUT2D eigenvalue weighted by Crippen LogP contribution is 2.38. The Bertz CT molecular complexity index is 404. The number of hydrogen-bond acceptors (Lipinski definition) is 2. The van der Waals surface area contributed by atoms with Gasteiger partial charge >= 0.3 is 6.09 Å². The molecule has 1 unspecified atom stereocenters. The van der Waals surface area contributed by atoms with Gasteiger partial charge in [-0.1, -0.05) is 43.7 Å². The number of carbonyl (C=O) groups excluding carboxylic acids is 1. The molecule has 1 aliphatic carbocycles. The quantitative estimate of drug-likeness (QED) is 0.903. The van der Waals surface area contributed by atoms with Gasteiger partial charge in [0.1, 0.15) is 0 Å². The zero-order valence-electron chi connectivity index (χ0n) is 11.8. The lowest BCUT2D eigenvalue weighted by Crippen LogP contribution is -2.33. The molecule has 1 fully saturated rings. The first kappa shape index (κ1) is 13.9. The summed E-state index contributed by atoms with van der Waals surface area (Å²) in [7, 11) is 1.41. The Hall–Kier alpha value is -1.51. The Morgan fingerprint density at radius 1 is 1.32 bits per heavy atom. The molecule has 0 saturated heterocycles. The highest BCUT2D eigenvalue weighted by Gasteiger charge is 2.33. The van der Waals surface area contributed by atoms with Crippen molar-refractivity contribution in [3.05, 3.63) is 35.9 Å². The van der Waals surface area contributed by atoms with E-state index in [9.17, 15) is 4.79 Å². The van der Waals surface area contributed by atoms with Crippen molar-refractivity contribution in [1.29, 1.82) is 0 Å². The number of ether oxygens (including phenoxy) is 1. The van der Waals surface area contributed by atoms with Gasteiger partial charge < -0.3 is 10.1 Å². The first-order valence-corrected chi connectivity index (χ1v) is 7.06. The predicted octanol–water partition coefficient (Wildman–Crippen LogP) is 3.25. The third-order valence-electron chi connectivity index (χ3n) is 4.34. The number of amides is 1. The van der Waals surface area contributed by atoms with Crippen LogP contribution in [0.4, 0.5) is 4.79 Å². The summed E-state index contributed by atoms with van der Waals surface area (Å²) in [6.07, 6.45) is 3.30. The van der Waals surface area contributed by atoms with Gasteiger partial charge in [-0.15, -0.1) is 0 Å². The predicted molar refractivity (Wildman–Crippen MR) is 75.9 cm³/mol. The fraction of sp³-hybridized carbons (Fsp3) is 0.562. The third kappa shape index (κ3) is 3.72. The number of methoxy groups -OCH3 is 1. The largest absolute Gasteiger partial charge is 0.453 e. The summed E-state index contributed by atoms with van der Waals surface area (Å²) in [5, 5.41) is 2.86. The van der Waals surface area contributed by atoms with Crippen LogP contribution in [0.25, 0.3) is 0 Å². The van der Waals surface area contributed by atoms with Crippen molar-refractivity contribution < 1.29 is 9.53 Å². The average Bonchev–Trinajstić information content (AvgIpc) is 2.78. The molecule has 19 heavy (non-hydrogen) atoms. The molecule has 3 heteroatoms. The number of alkyl carbamates (subject to hydrolysis) is 1. The van der Waals surface area contributed by atoms with Gasteiger partial charge in [-0.05, 0) is 36.2 Å². The summed E-state index contributed by atoms with van der Waals surface area (Å²) in [4.78, 5) is 11.2. The van der Waals surface area contributed by atoms with Crippen molar-refractivity contribution in [3.63, 3.8) is 0 Å². The summed E-state index contributed by atoms with van der Waals surface area (Å²) >= 11 is 0. The third-order valence-corrected chi connectivity index (χ3v) is 4.34. The van der Waals surface area contributed by atoms with E-state index < -0.39 is 0 Å². The van der Waals surface area contributed by atoms with Gasteiger partial charge in [0.15, 0.2) is 0 Å². The topological polar surface area (TPSA) is 38.3 Å². The van der Waals surface area contributed by atoms with Crippen LogP contribution in [0.15, 0.2) is 30.3 Å². The van der Waals surface area contributed by atoms with Gasteiger partial charge in [0, 0.05) is 6.54 Å². The molecule has 3 atom stereocenters. The second-order valence-corrected chi connectivity index (χ2v) is 5.54. The van der Waals surface area contributed by atoms with E-state index in [0.717, 1.165) is 13.0 Å². The first-order valence-electron chi connectivity index (χ1n) is 7.06. The van der Waals surface area contributed by atoms with E-state index in [1.165, 1.54) is 25.5 Å². The molecule has 104 valence electrons. The fourth-order valence-corrected chi connectivity index (χ4v) is 3.18. The maximum atomic E-state index is 11.2. The molecule has 0 aliphatic heterocycles. The van der Waals surface area contributed by atoms with Gasteiger partial charge in [-0.3, -0.25) is 0 Å². The Kier molecular flexibility index (Phi) is 4.83. The van der Waals surface area contributed by atoms with E-state index in [0.29, 0.717) is 17.8 Å². The Balaban J connectivity index is 1.93. The second-order valence-electron chi connectivity index (χ2n) is 5.54. The standard InChI is InChI=1S/C16H23NO2/c1-12-8-9-14(10-13-6-4-3-5-7-13)15(12)11-17-16(18)19-2/h3-7,12,14-15H,8-11H2,1-2H3,(H,17,18)/t12-,14-,15?/m1/s1. The minimum Gasteiger partial charge on any atom is -0.453 e. The van der Waals surface area contributed by atoms with Crippen LogP contribution in [-0.2, 0) is 11.2 Å². The smallest absolute Gasteiger partial charge is 0.406 e. The molecule has 0 spiro atoms. The molecule has 2 rings (SSSR count). The van der Waals surface area contributed by atoms with Crippen molar-refractivity contribution in [1.82, 2.24) is 5.32 Å². The summed E-state index contributed by atoms with van der Waals surface area (Å²) in [5.74, 6) is 1.89. The molecule has 0 aromatic heterocycles. The highest BCUT2D eigenvalue weighted by molar-refractivity contribution is 5.66. The van der Waals surface area contributed by atoms with Crippen molar-refractivity contribution in [3.8, 4) is 0 Å². The lowest BCUT2D eigenvalue weighted by Gasteiger charge is -2.23. The van der Waals surface area contributed by atoms with E-state index >= 15 is 0 Å². The minimum absolute atomic E-state index is 0.322. The maximum absolute atomic E-state index is 11.2. The van der Waals surface area contributed by atoms with Crippen LogP contribution in [0, 0.1) is 17.8 Å². The zero-order valence-corrected chi connectivity index (χ0v) is 11.8. The van der Waals surface area contributed by atoms with Crippen molar-refractivity contribution >= 4 is 6.09 Å². The van der Waals surface area contributed by atoms with E-state index in [-0.39, 0.29) is 6.09 Å². The van der Waals surface area contributed by atoms with Gasteiger partial charge in [0.2, 0.25) is 0 Å². The summed E-state index contributed by atoms with van der Waals surface area (Å²) < 4.78 is 4.65. The number of benzene rings is 1. The van der Waals surface area contributed by atoms with Crippen LogP contribution in [0.3, 0.4) is 0 Å². The number of nitrogens with one attached hydrogen (secondary N) is 1. The van der Waals surface area contributed by atoms with Crippen LogP contribution in [0.1, 0.15) is 25.3 Å².